The molecule has 9 heteroatoms. The topological polar surface area (TPSA) is 119 Å². The number of carbonyl (C=O) groups is 2. The number of hydrogen-bond donors (Lipinski definition) is 2. The van der Waals surface area contributed by atoms with E-state index in [0.717, 1.165) is 5.52 Å². The minimum Gasteiger partial charge on any atom is -0.507 e. The molecule has 1 aromatic carbocycles. The Morgan fingerprint density at radius 2 is 2.32 bits per heavy atom. The molecule has 2 fully saturated rings. The van der Waals surface area contributed by atoms with Gasteiger partial charge in [-0.1, -0.05) is 12.1 Å². The summed E-state index contributed by atoms with van der Waals surface area (Å²) < 4.78 is 5.22. The summed E-state index contributed by atoms with van der Waals surface area (Å²) in [5.74, 6) is -0.374. The number of nitrogens with one attached hydrogen (secondary N) is 1. The Kier molecular flexibility index (Phi) is 4.51. The van der Waals surface area contributed by atoms with E-state index in [-0.39, 0.29) is 22.2 Å². The smallest absolute Gasteiger partial charge is 0.330 e. The monoisotopic (exact) mass is 398 g/mol. The molecule has 0 aliphatic carbocycles. The van der Waals surface area contributed by atoms with Gasteiger partial charge < -0.3 is 19.7 Å². The quantitative estimate of drug-likeness (QED) is 0.461. The maximum absolute atomic E-state index is 12.5. The van der Waals surface area contributed by atoms with Crippen LogP contribution in [0.3, 0.4) is 0 Å². The molecule has 1 amide bonds. The van der Waals surface area contributed by atoms with Crippen LogP contribution in [0.25, 0.3) is 16.6 Å². The van der Waals surface area contributed by atoms with E-state index in [1.165, 1.54) is 0 Å². The van der Waals surface area contributed by atoms with Crippen molar-refractivity contribution >= 4 is 40.2 Å². The van der Waals surface area contributed by atoms with Gasteiger partial charge in [0.15, 0.2) is 11.6 Å². The van der Waals surface area contributed by atoms with E-state index in [2.05, 4.69) is 9.97 Å². The number of ether oxygens (including phenoxy) is 1. The molecule has 2 atom stereocenters. The molecule has 0 saturated carbocycles. The Morgan fingerprint density at radius 3 is 3.07 bits per heavy atom. The molecular weight excluding hydrogens is 380 g/mol. The van der Waals surface area contributed by atoms with Gasteiger partial charge in [-0.25, -0.2) is 9.78 Å². The standard InChI is InChI=1S/C19H18N4O4S/c1-19-7-6-16(25)23(19)14(10-28-19)18(26)27-9-15(24)11(8-20)17-21-12-4-2-3-5-13(12)22-17/h2-5,14,24H,6-7,9-10H2,1H3,(H,21,22)/t14-,19+/m1/s1. The largest absolute Gasteiger partial charge is 0.507 e. The van der Waals surface area contributed by atoms with Crippen molar-refractivity contribution in [1.82, 2.24) is 14.9 Å². The van der Waals surface area contributed by atoms with Gasteiger partial charge in [-0.15, -0.1) is 11.8 Å². The maximum Gasteiger partial charge on any atom is 0.330 e. The molecular formula is C19H18N4O4S. The van der Waals surface area contributed by atoms with Crippen LogP contribution in [0.4, 0.5) is 0 Å². The van der Waals surface area contributed by atoms with Crippen LogP contribution in [0.5, 0.6) is 0 Å². The number of aliphatic hydroxyl groups excluding tert-OH is 1. The SMILES string of the molecule is C[C@]12CCC(=O)N1[C@@H](C(=O)OCC(O)=C(C#N)c1nc3ccccc3[nH]1)CS2. The number of amides is 1. The number of nitrogens with zero attached hydrogens (tertiary/aromatic N) is 3. The molecule has 8 nitrogen and oxygen atoms in total. The van der Waals surface area contributed by atoms with Gasteiger partial charge >= 0.3 is 5.97 Å². The van der Waals surface area contributed by atoms with Gasteiger partial charge in [0, 0.05) is 12.2 Å². The highest BCUT2D eigenvalue weighted by Gasteiger charge is 2.53. The Morgan fingerprint density at radius 1 is 1.54 bits per heavy atom. The lowest BCUT2D eigenvalue weighted by molar-refractivity contribution is -0.153. The van der Waals surface area contributed by atoms with E-state index in [9.17, 15) is 20.0 Å². The van der Waals surface area contributed by atoms with Crippen LogP contribution < -0.4 is 0 Å². The van der Waals surface area contributed by atoms with Crippen LogP contribution in [0.2, 0.25) is 0 Å². The number of rotatable bonds is 4. The highest BCUT2D eigenvalue weighted by Crippen LogP contribution is 2.47. The Balaban J connectivity index is 1.49. The zero-order chi connectivity index (χ0) is 19.9. The number of imidazole rings is 1. The van der Waals surface area contributed by atoms with Crippen molar-refractivity contribution < 1.29 is 19.4 Å². The van der Waals surface area contributed by atoms with E-state index in [4.69, 9.17) is 4.74 Å². The molecule has 0 spiro atoms. The van der Waals surface area contributed by atoms with Crippen LogP contribution in [0.1, 0.15) is 25.6 Å². The minimum atomic E-state index is -0.672. The second-order valence-corrected chi connectivity index (χ2v) is 8.41. The molecule has 2 aliphatic rings. The summed E-state index contributed by atoms with van der Waals surface area (Å²) in [4.78, 5) is 33.1. The third-order valence-corrected chi connectivity index (χ3v) is 6.60. The second kappa shape index (κ2) is 6.87. The number of allylic oxidation sites excluding steroid dienone is 1. The van der Waals surface area contributed by atoms with Crippen molar-refractivity contribution in [1.29, 1.82) is 5.26 Å². The highest BCUT2D eigenvalue weighted by atomic mass is 32.2. The fraction of sp³-hybridized carbons (Fsp3) is 0.368. The molecule has 4 rings (SSSR count). The number of thioether (sulfide) groups is 1. The number of aromatic amines is 1. The first-order valence-electron chi connectivity index (χ1n) is 8.83. The van der Waals surface area contributed by atoms with Crippen LogP contribution in [-0.4, -0.2) is 55.1 Å². The van der Waals surface area contributed by atoms with E-state index in [0.29, 0.717) is 24.1 Å². The molecule has 2 aliphatic heterocycles. The summed E-state index contributed by atoms with van der Waals surface area (Å²) in [5.41, 5.74) is 1.29. The molecule has 1 aromatic heterocycles. The highest BCUT2D eigenvalue weighted by molar-refractivity contribution is 8.01. The third-order valence-electron chi connectivity index (χ3n) is 5.09. The number of benzene rings is 1. The van der Waals surface area contributed by atoms with Crippen LogP contribution in [0.15, 0.2) is 30.0 Å². The summed E-state index contributed by atoms with van der Waals surface area (Å²) in [5, 5.41) is 19.7. The number of carbonyl (C=O) groups excluding carboxylic acids is 2. The normalized spacial score (nSPS) is 24.8. The number of para-hydroxylation sites is 2. The molecule has 0 radical (unpaired) electrons. The number of H-pyrrole nitrogens is 1. The van der Waals surface area contributed by atoms with Crippen molar-refractivity contribution in [3.63, 3.8) is 0 Å². The number of hydrogen-bond acceptors (Lipinski definition) is 7. The summed E-state index contributed by atoms with van der Waals surface area (Å²) in [6.45, 7) is 1.49. The minimum absolute atomic E-state index is 0.0609. The molecule has 0 bridgehead atoms. The number of nitriles is 1. The summed E-state index contributed by atoms with van der Waals surface area (Å²) in [6, 6.07) is 8.46. The van der Waals surface area contributed by atoms with Gasteiger partial charge in [0.1, 0.15) is 24.3 Å². The van der Waals surface area contributed by atoms with Gasteiger partial charge in [-0.05, 0) is 25.5 Å². The zero-order valence-corrected chi connectivity index (χ0v) is 16.0. The van der Waals surface area contributed by atoms with E-state index in [1.54, 1.807) is 28.8 Å². The van der Waals surface area contributed by atoms with Crippen molar-refractivity contribution in [2.45, 2.75) is 30.7 Å². The number of esters is 1. The van der Waals surface area contributed by atoms with Gasteiger partial charge in [0.2, 0.25) is 5.91 Å². The van der Waals surface area contributed by atoms with E-state index >= 15 is 0 Å². The lowest BCUT2D eigenvalue weighted by Gasteiger charge is -2.29. The van der Waals surface area contributed by atoms with Gasteiger partial charge in [-0.2, -0.15) is 5.26 Å². The van der Waals surface area contributed by atoms with Crippen molar-refractivity contribution in [2.75, 3.05) is 12.4 Å². The molecule has 144 valence electrons. The molecule has 0 unspecified atom stereocenters. The maximum atomic E-state index is 12.5. The fourth-order valence-corrected chi connectivity index (χ4v) is 5.05. The van der Waals surface area contributed by atoms with Crippen LogP contribution in [0, 0.1) is 11.3 Å². The lowest BCUT2D eigenvalue weighted by atomic mass is 10.2. The average molecular weight is 398 g/mol. The molecule has 3 heterocycles. The molecule has 28 heavy (non-hydrogen) atoms. The Hall–Kier alpha value is -2.99. The lowest BCUT2D eigenvalue weighted by Crippen LogP contribution is -2.46. The fourth-order valence-electron chi connectivity index (χ4n) is 3.63. The van der Waals surface area contributed by atoms with Gasteiger partial charge in [0.05, 0.1) is 15.9 Å². The van der Waals surface area contributed by atoms with Crippen LogP contribution in [-0.2, 0) is 14.3 Å². The van der Waals surface area contributed by atoms with Crippen molar-refractivity contribution in [2.24, 2.45) is 0 Å². The van der Waals surface area contributed by atoms with Crippen LogP contribution >= 0.6 is 11.8 Å². The van der Waals surface area contributed by atoms with Gasteiger partial charge in [0.25, 0.3) is 0 Å². The van der Waals surface area contributed by atoms with Gasteiger partial charge in [-0.3, -0.25) is 4.79 Å². The predicted molar refractivity (Wildman–Crippen MR) is 103 cm³/mol. The Bertz CT molecular complexity index is 1010. The summed E-state index contributed by atoms with van der Waals surface area (Å²) >= 11 is 1.56. The predicted octanol–water partition coefficient (Wildman–Crippen LogP) is 2.35. The first-order valence-corrected chi connectivity index (χ1v) is 9.81. The third kappa shape index (κ3) is 2.99. The first kappa shape index (κ1) is 18.4. The number of aromatic nitrogens is 2. The van der Waals surface area contributed by atoms with E-state index < -0.39 is 24.4 Å². The Labute approximate surface area is 165 Å². The van der Waals surface area contributed by atoms with E-state index in [1.807, 2.05) is 25.1 Å². The van der Waals surface area contributed by atoms with Crippen molar-refractivity contribution in [3.05, 3.63) is 35.8 Å². The first-order chi connectivity index (χ1) is 13.4. The summed E-state index contributed by atoms with van der Waals surface area (Å²) in [6.07, 6.45) is 1.12. The average Bonchev–Trinajstić information content (AvgIpc) is 3.33. The second-order valence-electron chi connectivity index (χ2n) is 6.91. The molecule has 2 aromatic rings. The summed E-state index contributed by atoms with van der Waals surface area (Å²) in [7, 11) is 0. The number of fused-ring (bicyclic) bond motifs is 2. The molecule has 2 saturated heterocycles. The number of aliphatic hydroxyl groups is 1. The van der Waals surface area contributed by atoms with Crippen molar-refractivity contribution in [3.8, 4) is 6.07 Å². The zero-order valence-electron chi connectivity index (χ0n) is 15.1. The molecule has 2 N–H and O–H groups in total.